The largest absolute Gasteiger partial charge is 0.444 e. The van der Waals surface area contributed by atoms with Crippen LogP contribution in [-0.2, 0) is 15.7 Å². The Morgan fingerprint density at radius 3 is 2.38 bits per heavy atom. The van der Waals surface area contributed by atoms with Crippen molar-refractivity contribution < 1.29 is 13.7 Å². The Hall–Kier alpha value is -0.910. The van der Waals surface area contributed by atoms with Crippen molar-refractivity contribution in [2.24, 2.45) is 10.3 Å². The van der Waals surface area contributed by atoms with E-state index in [0.29, 0.717) is 12.5 Å². The standard InChI is InChI=1S/C18H34N2O3S/c1-16(2,3)23-15(21)20-13-14(12-18(20,7)8)10-9-11-19-24(22)17(4,5)6/h11,14H,9-10,12-13H2,1-8H3/t14-,24?/m0/s1. The van der Waals surface area contributed by atoms with Crippen LogP contribution in [0.1, 0.15) is 74.7 Å². The van der Waals surface area contributed by atoms with Crippen LogP contribution < -0.4 is 0 Å². The molecule has 1 heterocycles. The zero-order valence-corrected chi connectivity index (χ0v) is 17.3. The molecule has 140 valence electrons. The third-order valence-corrected chi connectivity index (χ3v) is 5.36. The van der Waals surface area contributed by atoms with E-state index in [4.69, 9.17) is 4.74 Å². The number of likely N-dealkylation sites (tertiary alicyclic amines) is 1. The highest BCUT2D eigenvalue weighted by molar-refractivity contribution is 7.85. The highest BCUT2D eigenvalue weighted by atomic mass is 32.2. The summed E-state index contributed by atoms with van der Waals surface area (Å²) in [5.74, 6) is 0.419. The van der Waals surface area contributed by atoms with Gasteiger partial charge in [-0.3, -0.25) is 0 Å². The van der Waals surface area contributed by atoms with Crippen LogP contribution in [0.15, 0.2) is 4.40 Å². The van der Waals surface area contributed by atoms with E-state index >= 15 is 0 Å². The summed E-state index contributed by atoms with van der Waals surface area (Å²) in [6.07, 6.45) is 4.20. The van der Waals surface area contributed by atoms with E-state index in [0.717, 1.165) is 19.3 Å². The van der Waals surface area contributed by atoms with Crippen molar-refractivity contribution in [3.8, 4) is 0 Å². The molecule has 0 spiro atoms. The molecule has 0 aromatic carbocycles. The van der Waals surface area contributed by atoms with E-state index in [1.165, 1.54) is 0 Å². The Bertz CT molecular complexity index is 501. The van der Waals surface area contributed by atoms with Gasteiger partial charge in [-0.15, -0.1) is 0 Å². The van der Waals surface area contributed by atoms with Gasteiger partial charge in [0.05, 0.1) is 4.75 Å². The van der Waals surface area contributed by atoms with Crippen LogP contribution in [-0.4, -0.2) is 43.8 Å². The number of ether oxygens (including phenoxy) is 1. The van der Waals surface area contributed by atoms with Crippen molar-refractivity contribution in [3.63, 3.8) is 0 Å². The van der Waals surface area contributed by atoms with Crippen molar-refractivity contribution >= 4 is 23.3 Å². The fourth-order valence-corrected chi connectivity index (χ4v) is 3.36. The molecule has 0 N–H and O–H groups in total. The summed E-state index contributed by atoms with van der Waals surface area (Å²) in [7, 11) is -1.20. The first kappa shape index (κ1) is 21.1. The number of hydrogen-bond acceptors (Lipinski definition) is 3. The Kier molecular flexibility index (Phi) is 6.64. The van der Waals surface area contributed by atoms with Crippen LogP contribution in [0, 0.1) is 5.92 Å². The molecule has 6 heteroatoms. The molecular formula is C18H34N2O3S. The lowest BCUT2D eigenvalue weighted by Crippen LogP contribution is -2.45. The van der Waals surface area contributed by atoms with E-state index in [2.05, 4.69) is 18.2 Å². The molecule has 5 nitrogen and oxygen atoms in total. The summed E-state index contributed by atoms with van der Waals surface area (Å²) in [6.45, 7) is 16.3. The van der Waals surface area contributed by atoms with Crippen molar-refractivity contribution in [2.45, 2.75) is 90.5 Å². The summed E-state index contributed by atoms with van der Waals surface area (Å²) >= 11 is 0. The van der Waals surface area contributed by atoms with Gasteiger partial charge in [-0.25, -0.2) is 9.00 Å². The van der Waals surface area contributed by atoms with E-state index in [9.17, 15) is 9.00 Å². The lowest BCUT2D eigenvalue weighted by Gasteiger charge is -2.33. The molecule has 1 aliphatic rings. The molecule has 0 aromatic heterocycles. The second kappa shape index (κ2) is 7.54. The maximum Gasteiger partial charge on any atom is 0.410 e. The topological polar surface area (TPSA) is 59.0 Å². The molecule has 2 atom stereocenters. The predicted molar refractivity (Wildman–Crippen MR) is 101 cm³/mol. The average Bonchev–Trinajstić information content (AvgIpc) is 2.66. The van der Waals surface area contributed by atoms with Crippen LogP contribution in [0.4, 0.5) is 4.79 Å². The van der Waals surface area contributed by atoms with E-state index < -0.39 is 16.6 Å². The number of amides is 1. The predicted octanol–water partition coefficient (Wildman–Crippen LogP) is 4.34. The first-order chi connectivity index (χ1) is 10.7. The smallest absolute Gasteiger partial charge is 0.410 e. The number of carbonyl (C=O) groups excluding carboxylic acids is 1. The molecule has 1 amide bonds. The van der Waals surface area contributed by atoms with Gasteiger partial charge in [0.25, 0.3) is 0 Å². The molecule has 0 aliphatic carbocycles. The third-order valence-electron chi connectivity index (χ3n) is 3.97. The highest BCUT2D eigenvalue weighted by Crippen LogP contribution is 2.35. The Balaban J connectivity index is 2.55. The molecular weight excluding hydrogens is 324 g/mol. The van der Waals surface area contributed by atoms with Gasteiger partial charge in [-0.1, -0.05) is 0 Å². The summed E-state index contributed by atoms with van der Waals surface area (Å²) in [4.78, 5) is 14.2. The second-order valence-corrected chi connectivity index (χ2v) is 11.1. The summed E-state index contributed by atoms with van der Waals surface area (Å²) in [5, 5.41) is 0. The number of nitrogens with zero attached hydrogens (tertiary/aromatic N) is 2. The third kappa shape index (κ3) is 6.54. The molecule has 1 saturated heterocycles. The molecule has 24 heavy (non-hydrogen) atoms. The minimum atomic E-state index is -1.20. The van der Waals surface area contributed by atoms with Gasteiger partial charge >= 0.3 is 6.09 Å². The molecule has 1 aliphatic heterocycles. The van der Waals surface area contributed by atoms with Crippen LogP contribution >= 0.6 is 0 Å². The number of carbonyl (C=O) groups is 1. The van der Waals surface area contributed by atoms with Crippen LogP contribution in [0.3, 0.4) is 0 Å². The lowest BCUT2D eigenvalue weighted by atomic mass is 9.93. The molecule has 0 saturated carbocycles. The van der Waals surface area contributed by atoms with E-state index in [1.807, 2.05) is 46.4 Å². The molecule has 1 fully saturated rings. The van der Waals surface area contributed by atoms with Gasteiger partial charge < -0.3 is 9.64 Å². The normalized spacial score (nSPS) is 22.8. The van der Waals surface area contributed by atoms with E-state index in [1.54, 1.807) is 6.21 Å². The molecule has 1 unspecified atom stereocenters. The van der Waals surface area contributed by atoms with Gasteiger partial charge in [-0.05, 0) is 80.6 Å². The monoisotopic (exact) mass is 358 g/mol. The van der Waals surface area contributed by atoms with Crippen molar-refractivity contribution in [1.29, 1.82) is 0 Å². The quantitative estimate of drug-likeness (QED) is 0.703. The lowest BCUT2D eigenvalue weighted by molar-refractivity contribution is 0.0131. The SMILES string of the molecule is CC(C)(C)OC(=O)N1C[C@@H](CCC=NS(=O)C(C)(C)C)CC1(C)C. The first-order valence-electron chi connectivity index (χ1n) is 8.67. The summed E-state index contributed by atoms with van der Waals surface area (Å²) < 4.78 is 21.2. The zero-order valence-electron chi connectivity index (χ0n) is 16.5. The fraction of sp³-hybridized carbons (Fsp3) is 0.889. The number of rotatable bonds is 4. The minimum Gasteiger partial charge on any atom is -0.444 e. The number of hydrogen-bond donors (Lipinski definition) is 0. The zero-order chi connectivity index (χ0) is 18.8. The van der Waals surface area contributed by atoms with Crippen LogP contribution in [0.5, 0.6) is 0 Å². The Morgan fingerprint density at radius 2 is 1.88 bits per heavy atom. The summed E-state index contributed by atoms with van der Waals surface area (Å²) in [5.41, 5.74) is -0.673. The van der Waals surface area contributed by atoms with Gasteiger partial charge in [-0.2, -0.15) is 4.40 Å². The molecule has 1 rings (SSSR count). The maximum absolute atomic E-state index is 12.4. The van der Waals surface area contributed by atoms with Crippen LogP contribution in [0.25, 0.3) is 0 Å². The molecule has 0 radical (unpaired) electrons. The van der Waals surface area contributed by atoms with E-state index in [-0.39, 0.29) is 16.4 Å². The van der Waals surface area contributed by atoms with Gasteiger partial charge in [0.1, 0.15) is 16.6 Å². The van der Waals surface area contributed by atoms with Gasteiger partial charge in [0.2, 0.25) is 0 Å². The average molecular weight is 359 g/mol. The second-order valence-electron chi connectivity index (χ2n) is 9.20. The van der Waals surface area contributed by atoms with Gasteiger partial charge in [0, 0.05) is 18.3 Å². The van der Waals surface area contributed by atoms with Gasteiger partial charge in [0.15, 0.2) is 0 Å². The molecule has 0 bridgehead atoms. The molecule has 0 aromatic rings. The first-order valence-corrected chi connectivity index (χ1v) is 9.78. The highest BCUT2D eigenvalue weighted by Gasteiger charge is 2.42. The Morgan fingerprint density at radius 1 is 1.29 bits per heavy atom. The van der Waals surface area contributed by atoms with Crippen molar-refractivity contribution in [1.82, 2.24) is 4.90 Å². The minimum absolute atomic E-state index is 0.196. The summed E-state index contributed by atoms with van der Waals surface area (Å²) in [6, 6.07) is 0. The van der Waals surface area contributed by atoms with Crippen molar-refractivity contribution in [3.05, 3.63) is 0 Å². The Labute approximate surface area is 149 Å². The van der Waals surface area contributed by atoms with Crippen LogP contribution in [0.2, 0.25) is 0 Å². The fourth-order valence-electron chi connectivity index (χ4n) is 2.81. The van der Waals surface area contributed by atoms with Crippen molar-refractivity contribution in [2.75, 3.05) is 6.54 Å². The maximum atomic E-state index is 12.4.